The molecule has 1 atom stereocenters. The molecular formula is C25H32F3N3O3S. The van der Waals surface area contributed by atoms with Crippen molar-refractivity contribution in [2.45, 2.75) is 77.7 Å². The maximum atomic E-state index is 12.8. The summed E-state index contributed by atoms with van der Waals surface area (Å²) in [4.78, 5) is 32.4. The van der Waals surface area contributed by atoms with Crippen molar-refractivity contribution >= 4 is 23.2 Å². The molecule has 1 spiro atoms. The summed E-state index contributed by atoms with van der Waals surface area (Å²) in [6.07, 6.45) is 0.0149. The summed E-state index contributed by atoms with van der Waals surface area (Å²) >= 11 is 1.83. The predicted octanol–water partition coefficient (Wildman–Crippen LogP) is 5.25. The van der Waals surface area contributed by atoms with Crippen LogP contribution >= 0.6 is 11.3 Å². The molecule has 1 amide bonds. The molecule has 2 saturated heterocycles. The third-order valence-electron chi connectivity index (χ3n) is 6.76. The second-order valence-electron chi connectivity index (χ2n) is 9.36. The molecule has 192 valence electrons. The lowest BCUT2D eigenvalue weighted by Crippen LogP contribution is -2.45. The maximum absolute atomic E-state index is 12.8. The first-order chi connectivity index (χ1) is 16.4. The lowest BCUT2D eigenvalue weighted by atomic mass is 9.87. The molecule has 35 heavy (non-hydrogen) atoms. The molecule has 2 aromatic rings. The van der Waals surface area contributed by atoms with Crippen molar-refractivity contribution in [1.29, 1.82) is 0 Å². The van der Waals surface area contributed by atoms with Gasteiger partial charge >= 0.3 is 12.1 Å². The van der Waals surface area contributed by atoms with Crippen molar-refractivity contribution in [2.75, 3.05) is 13.1 Å². The van der Waals surface area contributed by atoms with E-state index in [2.05, 4.69) is 59.8 Å². The fraction of sp³-hybridized carbons (Fsp3) is 0.560. The Morgan fingerprint density at radius 2 is 1.74 bits per heavy atom. The summed E-state index contributed by atoms with van der Waals surface area (Å²) in [5, 5.41) is 8.28. The quantitative estimate of drug-likeness (QED) is 0.607. The minimum absolute atomic E-state index is 0.0510. The van der Waals surface area contributed by atoms with E-state index in [4.69, 9.17) is 9.90 Å². The molecule has 3 heterocycles. The van der Waals surface area contributed by atoms with Crippen LogP contribution in [-0.2, 0) is 22.7 Å². The number of carbonyl (C=O) groups is 2. The number of amides is 1. The van der Waals surface area contributed by atoms with Crippen LogP contribution in [0.5, 0.6) is 0 Å². The van der Waals surface area contributed by atoms with Crippen LogP contribution in [0.1, 0.15) is 58.8 Å². The van der Waals surface area contributed by atoms with Gasteiger partial charge in [0.25, 0.3) is 0 Å². The SMILES string of the molecule is Cc1ccc(CN2C(=O)CCC23CCCN(Cc2sc(C)nc2C)CC3)cc1.O=C(O)C(F)(F)F. The zero-order valence-electron chi connectivity index (χ0n) is 20.3. The third-order valence-corrected chi connectivity index (χ3v) is 7.82. The van der Waals surface area contributed by atoms with Crippen molar-refractivity contribution in [2.24, 2.45) is 0 Å². The molecule has 2 aliphatic rings. The smallest absolute Gasteiger partial charge is 0.475 e. The minimum Gasteiger partial charge on any atom is -0.475 e. The molecule has 4 rings (SSSR count). The van der Waals surface area contributed by atoms with Crippen LogP contribution < -0.4 is 0 Å². The molecule has 0 radical (unpaired) electrons. The van der Waals surface area contributed by atoms with Crippen molar-refractivity contribution in [3.63, 3.8) is 0 Å². The topological polar surface area (TPSA) is 73.7 Å². The number of thiazole rings is 1. The van der Waals surface area contributed by atoms with E-state index < -0.39 is 12.1 Å². The number of benzene rings is 1. The normalized spacial score (nSPS) is 21.1. The van der Waals surface area contributed by atoms with E-state index in [1.165, 1.54) is 21.7 Å². The monoisotopic (exact) mass is 511 g/mol. The Labute approximate surface area is 207 Å². The summed E-state index contributed by atoms with van der Waals surface area (Å²) in [5.74, 6) is -2.42. The Hall–Kier alpha value is -2.46. The van der Waals surface area contributed by atoms with Gasteiger partial charge in [-0.3, -0.25) is 9.69 Å². The molecule has 1 N–H and O–H groups in total. The minimum atomic E-state index is -5.08. The maximum Gasteiger partial charge on any atom is 0.490 e. The highest BCUT2D eigenvalue weighted by atomic mass is 32.1. The van der Waals surface area contributed by atoms with Crippen molar-refractivity contribution in [3.05, 3.63) is 51.0 Å². The van der Waals surface area contributed by atoms with Gasteiger partial charge in [-0.15, -0.1) is 11.3 Å². The summed E-state index contributed by atoms with van der Waals surface area (Å²) in [7, 11) is 0. The largest absolute Gasteiger partial charge is 0.490 e. The van der Waals surface area contributed by atoms with Crippen LogP contribution in [0.15, 0.2) is 24.3 Å². The number of carboxylic acid groups (broad SMARTS) is 1. The first kappa shape index (κ1) is 27.1. The fourth-order valence-corrected chi connectivity index (χ4v) is 5.82. The van der Waals surface area contributed by atoms with Crippen LogP contribution in [0, 0.1) is 20.8 Å². The van der Waals surface area contributed by atoms with Gasteiger partial charge in [-0.2, -0.15) is 13.2 Å². The van der Waals surface area contributed by atoms with Gasteiger partial charge < -0.3 is 10.0 Å². The molecule has 1 aromatic carbocycles. The summed E-state index contributed by atoms with van der Waals surface area (Å²) in [6.45, 7) is 10.3. The molecule has 10 heteroatoms. The first-order valence-corrected chi connectivity index (χ1v) is 12.5. The predicted molar refractivity (Wildman–Crippen MR) is 128 cm³/mol. The van der Waals surface area contributed by atoms with Crippen molar-refractivity contribution in [3.8, 4) is 0 Å². The average Bonchev–Trinajstić information content (AvgIpc) is 3.16. The van der Waals surface area contributed by atoms with Crippen LogP contribution in [0.25, 0.3) is 0 Å². The number of nitrogens with zero attached hydrogens (tertiary/aromatic N) is 3. The highest BCUT2D eigenvalue weighted by Gasteiger charge is 2.45. The summed E-state index contributed by atoms with van der Waals surface area (Å²) in [6, 6.07) is 8.65. The van der Waals surface area contributed by atoms with Crippen LogP contribution in [0.3, 0.4) is 0 Å². The molecule has 1 unspecified atom stereocenters. The van der Waals surface area contributed by atoms with Crippen LogP contribution in [0.4, 0.5) is 13.2 Å². The number of alkyl halides is 3. The second kappa shape index (κ2) is 11.1. The number of aliphatic carboxylic acids is 1. The van der Waals surface area contributed by atoms with E-state index in [0.717, 1.165) is 56.9 Å². The number of aromatic nitrogens is 1. The molecule has 0 aliphatic carbocycles. The molecule has 2 fully saturated rings. The van der Waals surface area contributed by atoms with Crippen molar-refractivity contribution < 1.29 is 27.9 Å². The molecule has 1 aromatic heterocycles. The molecular weight excluding hydrogens is 479 g/mol. The number of halogens is 3. The van der Waals surface area contributed by atoms with E-state index in [9.17, 15) is 18.0 Å². The number of hydrogen-bond donors (Lipinski definition) is 1. The molecule has 6 nitrogen and oxygen atoms in total. The Bertz CT molecular complexity index is 1040. The lowest BCUT2D eigenvalue weighted by molar-refractivity contribution is -0.192. The van der Waals surface area contributed by atoms with Gasteiger partial charge in [0, 0.05) is 36.5 Å². The Balaban J connectivity index is 0.000000429. The van der Waals surface area contributed by atoms with Gasteiger partial charge in [-0.1, -0.05) is 29.8 Å². The van der Waals surface area contributed by atoms with Crippen LogP contribution in [-0.4, -0.2) is 56.6 Å². The van der Waals surface area contributed by atoms with Crippen LogP contribution in [0.2, 0.25) is 0 Å². The van der Waals surface area contributed by atoms with Gasteiger partial charge in [0.05, 0.1) is 10.7 Å². The van der Waals surface area contributed by atoms with Gasteiger partial charge in [0.1, 0.15) is 0 Å². The molecule has 0 saturated carbocycles. The first-order valence-electron chi connectivity index (χ1n) is 11.7. The average molecular weight is 512 g/mol. The van der Waals surface area contributed by atoms with Gasteiger partial charge in [-0.25, -0.2) is 9.78 Å². The number of aryl methyl sites for hydroxylation is 3. The van der Waals surface area contributed by atoms with Gasteiger partial charge in [0.2, 0.25) is 5.91 Å². The number of carboxylic acids is 1. The Morgan fingerprint density at radius 1 is 1.09 bits per heavy atom. The third kappa shape index (κ3) is 7.04. The number of rotatable bonds is 4. The van der Waals surface area contributed by atoms with E-state index >= 15 is 0 Å². The molecule has 0 bridgehead atoms. The van der Waals surface area contributed by atoms with E-state index in [0.29, 0.717) is 12.3 Å². The lowest BCUT2D eigenvalue weighted by Gasteiger charge is -2.38. The highest BCUT2D eigenvalue weighted by molar-refractivity contribution is 7.11. The zero-order valence-corrected chi connectivity index (χ0v) is 21.1. The van der Waals surface area contributed by atoms with E-state index in [-0.39, 0.29) is 5.54 Å². The standard InChI is InChI=1S/C23H31N3OS.C2HF3O2/c1-17-5-7-20(8-6-17)15-26-22(27)9-11-23(26)10-4-13-25(14-12-23)16-21-18(2)24-19(3)28-21;3-2(4,5)1(6)7/h5-8H,4,9-16H2,1-3H3;(H,6,7). The van der Waals surface area contributed by atoms with Gasteiger partial charge in [0.15, 0.2) is 0 Å². The Kier molecular flexibility index (Phi) is 8.58. The van der Waals surface area contributed by atoms with E-state index in [1.807, 2.05) is 11.3 Å². The summed E-state index contributed by atoms with van der Waals surface area (Å²) in [5.41, 5.74) is 3.75. The molecule has 2 aliphatic heterocycles. The zero-order chi connectivity index (χ0) is 25.8. The number of carbonyl (C=O) groups excluding carboxylic acids is 1. The fourth-order valence-electron chi connectivity index (χ4n) is 4.84. The van der Waals surface area contributed by atoms with Gasteiger partial charge in [-0.05, 0) is 58.6 Å². The second-order valence-corrected chi connectivity index (χ2v) is 10.7. The van der Waals surface area contributed by atoms with Crippen molar-refractivity contribution in [1.82, 2.24) is 14.8 Å². The number of likely N-dealkylation sites (tertiary alicyclic amines) is 2. The highest BCUT2D eigenvalue weighted by Crippen LogP contribution is 2.40. The summed E-state index contributed by atoms with van der Waals surface area (Å²) < 4.78 is 31.7. The Morgan fingerprint density at radius 3 is 2.31 bits per heavy atom. The van der Waals surface area contributed by atoms with E-state index in [1.54, 1.807) is 0 Å². The number of hydrogen-bond acceptors (Lipinski definition) is 5.